The molecule has 0 unspecified atom stereocenters. The van der Waals surface area contributed by atoms with E-state index in [1.54, 1.807) is 0 Å². The number of rotatable bonds is 5. The summed E-state index contributed by atoms with van der Waals surface area (Å²) < 4.78 is 77.2. The second-order valence-corrected chi connectivity index (χ2v) is 8.00. The van der Waals surface area contributed by atoms with E-state index in [-0.39, 0.29) is 6.10 Å². The molecule has 0 spiro atoms. The van der Waals surface area contributed by atoms with Crippen molar-refractivity contribution in [3.8, 4) is 0 Å². The van der Waals surface area contributed by atoms with Gasteiger partial charge in [0, 0.05) is 50.1 Å². The average molecular weight is 542 g/mol. The molecule has 0 aromatic carbocycles. The van der Waals surface area contributed by atoms with Crippen LogP contribution in [0.4, 0.5) is 26.3 Å². The zero-order valence-electron chi connectivity index (χ0n) is 19.3. The number of carboxylic acids is 2. The van der Waals surface area contributed by atoms with E-state index >= 15 is 0 Å². The Morgan fingerprint density at radius 2 is 1.73 bits per heavy atom. The zero-order valence-corrected chi connectivity index (χ0v) is 19.3. The van der Waals surface area contributed by atoms with Gasteiger partial charge in [0.2, 0.25) is 0 Å². The lowest BCUT2D eigenvalue weighted by Crippen LogP contribution is -2.32. The largest absolute Gasteiger partial charge is 0.490 e. The monoisotopic (exact) mass is 542 g/mol. The van der Waals surface area contributed by atoms with Gasteiger partial charge in [0.25, 0.3) is 0 Å². The molecule has 4 heterocycles. The van der Waals surface area contributed by atoms with Gasteiger partial charge in [-0.15, -0.1) is 0 Å². The lowest BCUT2D eigenvalue weighted by atomic mass is 10.0. The van der Waals surface area contributed by atoms with E-state index in [1.807, 2.05) is 42.3 Å². The maximum atomic E-state index is 10.6. The van der Waals surface area contributed by atoms with Crippen LogP contribution < -0.4 is 0 Å². The Kier molecular flexibility index (Phi) is 10.4. The van der Waals surface area contributed by atoms with Crippen LogP contribution in [-0.2, 0) is 39.3 Å². The van der Waals surface area contributed by atoms with Gasteiger partial charge in [-0.1, -0.05) is 6.07 Å². The molecule has 10 nitrogen and oxygen atoms in total. The first kappa shape index (κ1) is 30.0. The molecular weight excluding hydrogens is 518 g/mol. The number of fused-ring (bicyclic) bond motifs is 1. The van der Waals surface area contributed by atoms with Gasteiger partial charge >= 0.3 is 24.3 Å². The predicted octanol–water partition coefficient (Wildman–Crippen LogP) is 2.50. The van der Waals surface area contributed by atoms with Crippen molar-refractivity contribution in [1.29, 1.82) is 0 Å². The minimum Gasteiger partial charge on any atom is -0.475 e. The normalized spacial score (nSPS) is 21.3. The molecule has 0 aliphatic carbocycles. The second kappa shape index (κ2) is 12.8. The topological polar surface area (TPSA) is 127 Å². The first-order valence-electron chi connectivity index (χ1n) is 10.6. The first-order valence-corrected chi connectivity index (χ1v) is 10.6. The minimum atomic E-state index is -5.08. The van der Waals surface area contributed by atoms with Crippen LogP contribution in [0.5, 0.6) is 0 Å². The molecule has 16 heteroatoms. The number of likely N-dealkylation sites (tertiary alicyclic amines) is 1. The summed E-state index contributed by atoms with van der Waals surface area (Å²) in [5.74, 6) is -5.06. The fraction of sp³-hybridized carbons (Fsp3) is 0.524. The molecule has 2 saturated heterocycles. The molecule has 3 atom stereocenters. The molecule has 0 radical (unpaired) electrons. The smallest absolute Gasteiger partial charge is 0.475 e. The Hall–Kier alpha value is -3.24. The number of carboxylic acid groups (broad SMARTS) is 2. The number of halogens is 6. The van der Waals surface area contributed by atoms with E-state index in [4.69, 9.17) is 29.3 Å². The number of hydrogen-bond donors (Lipinski definition) is 2. The van der Waals surface area contributed by atoms with Crippen molar-refractivity contribution in [2.24, 2.45) is 13.0 Å². The molecule has 2 aliphatic rings. The SMILES string of the molecule is Cn1cc(CN2C[C@@H](OCc3ccccn3)[C@H]3COC[C@H]32)cn1.O=C(O)C(F)(F)F.O=C(O)C(F)(F)F. The van der Waals surface area contributed by atoms with E-state index in [2.05, 4.69) is 21.2 Å². The van der Waals surface area contributed by atoms with Gasteiger partial charge in [-0.3, -0.25) is 14.6 Å². The molecule has 2 aliphatic heterocycles. The van der Waals surface area contributed by atoms with Crippen molar-refractivity contribution in [2.75, 3.05) is 19.8 Å². The van der Waals surface area contributed by atoms with Crippen LogP contribution in [0.25, 0.3) is 0 Å². The highest BCUT2D eigenvalue weighted by atomic mass is 19.4. The number of aromatic nitrogens is 3. The Morgan fingerprint density at radius 1 is 1.11 bits per heavy atom. The number of carbonyl (C=O) groups is 2. The van der Waals surface area contributed by atoms with Crippen LogP contribution in [-0.4, -0.2) is 86.1 Å². The number of aliphatic carboxylic acids is 2. The van der Waals surface area contributed by atoms with Gasteiger partial charge in [0.15, 0.2) is 0 Å². The van der Waals surface area contributed by atoms with Gasteiger partial charge in [0.1, 0.15) is 0 Å². The third kappa shape index (κ3) is 9.62. The van der Waals surface area contributed by atoms with E-state index in [0.717, 1.165) is 32.0 Å². The van der Waals surface area contributed by atoms with Crippen molar-refractivity contribution in [3.63, 3.8) is 0 Å². The maximum Gasteiger partial charge on any atom is 0.490 e. The molecule has 2 fully saturated rings. The molecule has 206 valence electrons. The Bertz CT molecular complexity index is 993. The molecule has 2 N–H and O–H groups in total. The fourth-order valence-electron chi connectivity index (χ4n) is 3.61. The highest BCUT2D eigenvalue weighted by molar-refractivity contribution is 5.73. The average Bonchev–Trinajstić information content (AvgIpc) is 3.51. The van der Waals surface area contributed by atoms with Crippen LogP contribution in [0.1, 0.15) is 11.3 Å². The van der Waals surface area contributed by atoms with E-state index in [9.17, 15) is 26.3 Å². The summed E-state index contributed by atoms with van der Waals surface area (Å²) in [6.07, 6.45) is -4.13. The Labute approximate surface area is 206 Å². The summed E-state index contributed by atoms with van der Waals surface area (Å²) in [5.41, 5.74) is 2.22. The quantitative estimate of drug-likeness (QED) is 0.548. The second-order valence-electron chi connectivity index (χ2n) is 8.00. The highest BCUT2D eigenvalue weighted by Gasteiger charge is 2.46. The lowest BCUT2D eigenvalue weighted by Gasteiger charge is -2.21. The highest BCUT2D eigenvalue weighted by Crippen LogP contribution is 2.33. The molecule has 0 bridgehead atoms. The number of alkyl halides is 6. The van der Waals surface area contributed by atoms with Crippen LogP contribution in [0.15, 0.2) is 36.8 Å². The molecule has 2 aromatic rings. The van der Waals surface area contributed by atoms with Crippen molar-refractivity contribution in [3.05, 3.63) is 48.0 Å². The standard InChI is InChI=1S/C17H22N4O2.2C2HF3O2/c1-20-7-13(6-19-20)8-21-9-17(15-11-22-12-16(15)21)23-10-14-4-2-3-5-18-14;2*3-2(4,5)1(6)7/h2-7,15-17H,8-12H2,1H3;2*(H,6,7)/t15-,16+,17+;;/m0../s1. The van der Waals surface area contributed by atoms with Gasteiger partial charge in [0.05, 0.1) is 37.8 Å². The van der Waals surface area contributed by atoms with E-state index in [0.29, 0.717) is 18.6 Å². The van der Waals surface area contributed by atoms with Crippen LogP contribution in [0, 0.1) is 5.92 Å². The molecule has 0 saturated carbocycles. The van der Waals surface area contributed by atoms with Gasteiger partial charge < -0.3 is 19.7 Å². The van der Waals surface area contributed by atoms with E-state index < -0.39 is 24.3 Å². The number of hydrogen-bond acceptors (Lipinski definition) is 7. The number of pyridine rings is 1. The Morgan fingerprint density at radius 3 is 2.22 bits per heavy atom. The third-order valence-electron chi connectivity index (χ3n) is 5.25. The molecule has 0 amide bonds. The zero-order chi connectivity index (χ0) is 27.8. The summed E-state index contributed by atoms with van der Waals surface area (Å²) in [5, 5.41) is 18.5. The molecule has 37 heavy (non-hydrogen) atoms. The first-order chi connectivity index (χ1) is 17.2. The van der Waals surface area contributed by atoms with Crippen molar-refractivity contribution in [2.45, 2.75) is 37.7 Å². The van der Waals surface area contributed by atoms with Gasteiger partial charge in [-0.25, -0.2) is 9.59 Å². The number of aryl methyl sites for hydroxylation is 1. The summed E-state index contributed by atoms with van der Waals surface area (Å²) >= 11 is 0. The van der Waals surface area contributed by atoms with E-state index in [1.165, 1.54) is 5.56 Å². The molecular formula is C21H24F6N4O6. The van der Waals surface area contributed by atoms with Crippen molar-refractivity contribution >= 4 is 11.9 Å². The maximum absolute atomic E-state index is 10.6. The van der Waals surface area contributed by atoms with Crippen LogP contribution in [0.3, 0.4) is 0 Å². The summed E-state index contributed by atoms with van der Waals surface area (Å²) in [6, 6.07) is 6.38. The summed E-state index contributed by atoms with van der Waals surface area (Å²) in [4.78, 5) is 24.6. The Balaban J connectivity index is 0.000000286. The van der Waals surface area contributed by atoms with Gasteiger partial charge in [-0.05, 0) is 12.1 Å². The number of nitrogens with zero attached hydrogens (tertiary/aromatic N) is 4. The van der Waals surface area contributed by atoms with Crippen LogP contribution >= 0.6 is 0 Å². The predicted molar refractivity (Wildman–Crippen MR) is 112 cm³/mol. The summed E-state index contributed by atoms with van der Waals surface area (Å²) in [6.45, 7) is 4.01. The van der Waals surface area contributed by atoms with Crippen molar-refractivity contribution < 1.29 is 55.6 Å². The molecule has 4 rings (SSSR count). The minimum absolute atomic E-state index is 0.209. The lowest BCUT2D eigenvalue weighted by molar-refractivity contribution is -0.193. The molecule has 2 aromatic heterocycles. The fourth-order valence-corrected chi connectivity index (χ4v) is 3.61. The summed E-state index contributed by atoms with van der Waals surface area (Å²) in [7, 11) is 1.95. The van der Waals surface area contributed by atoms with Crippen LogP contribution in [0.2, 0.25) is 0 Å². The van der Waals surface area contributed by atoms with Crippen molar-refractivity contribution in [1.82, 2.24) is 19.7 Å². The number of ether oxygens (including phenoxy) is 2. The third-order valence-corrected chi connectivity index (χ3v) is 5.25. The van der Waals surface area contributed by atoms with Gasteiger partial charge in [-0.2, -0.15) is 31.4 Å².